The van der Waals surface area contributed by atoms with Crippen molar-refractivity contribution in [3.05, 3.63) is 188 Å². The zero-order chi connectivity index (χ0) is 42.2. The molecule has 0 N–H and O–H groups in total. The first-order chi connectivity index (χ1) is 29.4. The van der Waals surface area contributed by atoms with E-state index in [0.29, 0.717) is 5.69 Å². The third-order valence-corrected chi connectivity index (χ3v) is 9.94. The molecule has 0 atom stereocenters. The molecule has 3 heterocycles. The highest BCUT2D eigenvalue weighted by atomic mass is 15.0. The van der Waals surface area contributed by atoms with Gasteiger partial charge in [-0.15, -0.1) is 0 Å². The van der Waals surface area contributed by atoms with Crippen molar-refractivity contribution in [2.75, 3.05) is 0 Å². The maximum atomic E-state index is 9.01. The van der Waals surface area contributed by atoms with Crippen LogP contribution >= 0.6 is 0 Å². The molecule has 51 heavy (non-hydrogen) atoms. The molecule has 0 amide bonds. The minimum atomic E-state index is -0.477. The normalized spacial score (nSPS) is 14.7. The van der Waals surface area contributed by atoms with Crippen LogP contribution in [0.4, 0.5) is 0 Å². The van der Waals surface area contributed by atoms with E-state index in [-0.39, 0.29) is 58.1 Å². The zero-order valence-electron chi connectivity index (χ0n) is 37.0. The second-order valence-electron chi connectivity index (χ2n) is 12.7. The van der Waals surface area contributed by atoms with Gasteiger partial charge in [-0.25, -0.2) is 0 Å². The van der Waals surface area contributed by atoms with Gasteiger partial charge in [-0.05, 0) is 83.9 Å². The Bertz CT molecular complexity index is 3630. The Balaban J connectivity index is 1.14. The first-order valence-corrected chi connectivity index (χ1v) is 16.7. The van der Waals surface area contributed by atoms with Crippen LogP contribution in [-0.2, 0) is 0 Å². The van der Waals surface area contributed by atoms with Crippen LogP contribution in [0.25, 0.3) is 93.6 Å². The second kappa shape index (κ2) is 10.8. The van der Waals surface area contributed by atoms with E-state index in [1.807, 2.05) is 60.7 Å². The van der Waals surface area contributed by atoms with Crippen molar-refractivity contribution in [2.45, 2.75) is 0 Å². The van der Waals surface area contributed by atoms with Crippen molar-refractivity contribution in [2.24, 2.45) is 0 Å². The number of rotatable bonds is 4. The number of hydrogen-bond donors (Lipinski definition) is 0. The van der Waals surface area contributed by atoms with Crippen molar-refractivity contribution in [3.63, 3.8) is 0 Å². The van der Waals surface area contributed by atoms with Crippen LogP contribution in [-0.4, -0.2) is 13.7 Å². The van der Waals surface area contributed by atoms with Gasteiger partial charge in [0.05, 0.1) is 46.8 Å². The molecule has 0 unspecified atom stereocenters. The summed E-state index contributed by atoms with van der Waals surface area (Å²) in [5, 5.41) is 3.95. The first kappa shape index (κ1) is 20.0. The number of benzene rings is 8. The van der Waals surface area contributed by atoms with Gasteiger partial charge < -0.3 is 13.7 Å². The molecule has 0 saturated carbocycles. The fourth-order valence-electron chi connectivity index (χ4n) is 7.78. The first-order valence-electron chi connectivity index (χ1n) is 21.7. The highest BCUT2D eigenvalue weighted by Gasteiger charge is 2.18. The molecule has 3 heteroatoms. The molecule has 3 nitrogen and oxygen atoms in total. The van der Waals surface area contributed by atoms with Crippen LogP contribution in [0.15, 0.2) is 188 Å². The predicted octanol–water partition coefficient (Wildman–Crippen LogP) is 12.6. The number of hydrogen-bond acceptors (Lipinski definition) is 0. The molecule has 0 fully saturated rings. The Morgan fingerprint density at radius 1 is 0.294 bits per heavy atom. The van der Waals surface area contributed by atoms with Gasteiger partial charge in [0.15, 0.2) is 0 Å². The number of nitrogens with zero attached hydrogens (tertiary/aromatic N) is 3. The van der Waals surface area contributed by atoms with Gasteiger partial charge >= 0.3 is 0 Å². The molecule has 0 aliphatic heterocycles. The van der Waals surface area contributed by atoms with Gasteiger partial charge in [-0.1, -0.05) is 115 Å². The second-order valence-corrected chi connectivity index (χ2v) is 12.7. The van der Waals surface area contributed by atoms with E-state index in [2.05, 4.69) is 57.7 Å². The summed E-state index contributed by atoms with van der Waals surface area (Å²) in [6, 6.07) is 38.9. The third-order valence-electron chi connectivity index (χ3n) is 9.94. The van der Waals surface area contributed by atoms with Crippen LogP contribution < -0.4 is 0 Å². The molecule has 0 spiro atoms. The molecule has 3 aromatic heterocycles. The third kappa shape index (κ3) is 4.12. The summed E-state index contributed by atoms with van der Waals surface area (Å²) in [6.45, 7) is 0. The fraction of sp³-hybridized carbons (Fsp3) is 0. The monoisotopic (exact) mass is 659 g/mol. The summed E-state index contributed by atoms with van der Waals surface area (Å²) in [5.74, 6) is 0. The van der Waals surface area contributed by atoms with Gasteiger partial charge in [-0.2, -0.15) is 0 Å². The van der Waals surface area contributed by atoms with E-state index < -0.39 is 24.2 Å². The Morgan fingerprint density at radius 3 is 1.37 bits per heavy atom. The molecular weight excluding hydrogens is 619 g/mol. The lowest BCUT2D eigenvalue weighted by atomic mass is 10.1. The Morgan fingerprint density at radius 2 is 0.784 bits per heavy atom. The van der Waals surface area contributed by atoms with Crippen molar-refractivity contribution in [3.8, 4) is 28.2 Å². The Hall–Kier alpha value is -6.84. The number of aromatic nitrogens is 3. The molecule has 8 aromatic carbocycles. The summed E-state index contributed by atoms with van der Waals surface area (Å²) in [5.41, 5.74) is 8.05. The number of fused-ring (bicyclic) bond motifs is 9. The van der Waals surface area contributed by atoms with E-state index in [9.17, 15) is 0 Å². The highest BCUT2D eigenvalue weighted by Crippen LogP contribution is 2.39. The lowest BCUT2D eigenvalue weighted by Gasteiger charge is -2.12. The highest BCUT2D eigenvalue weighted by molar-refractivity contribution is 6.14. The van der Waals surface area contributed by atoms with Crippen molar-refractivity contribution >= 4 is 65.4 Å². The van der Waals surface area contributed by atoms with E-state index >= 15 is 0 Å². The maximum absolute atomic E-state index is 9.01. The van der Waals surface area contributed by atoms with Gasteiger partial charge in [0.1, 0.15) is 0 Å². The lowest BCUT2D eigenvalue weighted by molar-refractivity contribution is 1.16. The maximum Gasteiger partial charge on any atom is 0.0645 e. The molecule has 0 aliphatic carbocycles. The van der Waals surface area contributed by atoms with Gasteiger partial charge in [0.25, 0.3) is 0 Å². The molecule has 11 rings (SSSR count). The Labute approximate surface area is 308 Å². The van der Waals surface area contributed by atoms with Gasteiger partial charge in [0.2, 0.25) is 0 Å². The van der Waals surface area contributed by atoms with Gasteiger partial charge in [-0.3, -0.25) is 0 Å². The predicted molar refractivity (Wildman–Crippen MR) is 215 cm³/mol. The summed E-state index contributed by atoms with van der Waals surface area (Å²) < 4.78 is 92.1. The van der Waals surface area contributed by atoms with Gasteiger partial charge in [0, 0.05) is 49.4 Å². The summed E-state index contributed by atoms with van der Waals surface area (Å²) in [4.78, 5) is 0. The molecule has 0 radical (unpaired) electrons. The van der Waals surface area contributed by atoms with E-state index in [0.717, 1.165) is 66.1 Å². The average Bonchev–Trinajstić information content (AvgIpc) is 3.92. The van der Waals surface area contributed by atoms with Crippen molar-refractivity contribution in [1.82, 2.24) is 13.7 Å². The van der Waals surface area contributed by atoms with E-state index in [1.165, 1.54) is 6.07 Å². The summed E-state index contributed by atoms with van der Waals surface area (Å²) in [6.07, 6.45) is 0. The van der Waals surface area contributed by atoms with E-state index in [4.69, 9.17) is 13.7 Å². The average molecular weight is 660 g/mol. The van der Waals surface area contributed by atoms with Crippen LogP contribution in [0.2, 0.25) is 0 Å². The molecular formula is C48H31N3. The van der Waals surface area contributed by atoms with Crippen LogP contribution in [0, 0.1) is 0 Å². The summed E-state index contributed by atoms with van der Waals surface area (Å²) >= 11 is 0. The smallest absolute Gasteiger partial charge is 0.0645 e. The zero-order valence-corrected chi connectivity index (χ0v) is 27.0. The SMILES string of the molecule is [2H]c1cc([2H])cc(-c2cccc(-n3c4ccccc4c4cc(-n5c6ccccc6c6cc(-n7c8c([2H])c([2H])c([2H])c([2H])c8c8c([2H])c([2H])c([2H])c([2H])c87)ccc65)ccc43)c2)c1. The minimum Gasteiger partial charge on any atom is -0.309 e. The summed E-state index contributed by atoms with van der Waals surface area (Å²) in [7, 11) is 0. The molecule has 0 bridgehead atoms. The molecule has 0 saturated heterocycles. The molecule has 238 valence electrons. The minimum absolute atomic E-state index is 0.0405. The van der Waals surface area contributed by atoms with Crippen molar-refractivity contribution in [1.29, 1.82) is 0 Å². The van der Waals surface area contributed by atoms with E-state index in [1.54, 1.807) is 16.7 Å². The number of para-hydroxylation sites is 4. The van der Waals surface area contributed by atoms with Crippen LogP contribution in [0.5, 0.6) is 0 Å². The van der Waals surface area contributed by atoms with Crippen LogP contribution in [0.3, 0.4) is 0 Å². The van der Waals surface area contributed by atoms with Crippen molar-refractivity contribution < 1.29 is 13.7 Å². The molecule has 11 aromatic rings. The largest absolute Gasteiger partial charge is 0.309 e. The van der Waals surface area contributed by atoms with Crippen LogP contribution in [0.1, 0.15) is 13.7 Å². The topological polar surface area (TPSA) is 14.8 Å². The standard InChI is InChI=1S/C48H31N3/c1-2-13-32(14-3-1)33-15-12-16-34(29-33)49-45-23-10-6-19-39(45)41-31-36(26-27-47(41)49)51-46-24-11-7-20-40(46)42-30-35(25-28-48(42)51)50-43-21-8-4-17-37(43)38-18-5-9-22-44(38)50/h1-31H/i2D,3D,4D,5D,8D,9D,17D,18D,21D,22D. The lowest BCUT2D eigenvalue weighted by Crippen LogP contribution is -1.97. The molecule has 0 aliphatic rings. The quantitative estimate of drug-likeness (QED) is 0.179. The Kier molecular flexibility index (Phi) is 4.24. The fourth-order valence-corrected chi connectivity index (χ4v) is 7.78.